The number of H-pyrrole nitrogens is 1. The second-order valence-corrected chi connectivity index (χ2v) is 8.29. The number of aromatic amines is 1. The minimum absolute atomic E-state index is 0.0191. The molecule has 4 aromatic rings. The summed E-state index contributed by atoms with van der Waals surface area (Å²) >= 11 is 0. The van der Waals surface area contributed by atoms with E-state index in [1.807, 2.05) is 0 Å². The van der Waals surface area contributed by atoms with Crippen LogP contribution < -0.4 is 20.9 Å². The van der Waals surface area contributed by atoms with Crippen molar-refractivity contribution in [3.63, 3.8) is 0 Å². The number of ether oxygens (including phenoxy) is 2. The SMILES string of the molecule is C=CCOc1cc(OC)cc(C(Cc2ccc(C(=N)N)cc2)c2nn(-c3ncccn3)c(=O)[nH]2)c1F.CC(=O)O. The lowest BCUT2D eigenvalue weighted by Crippen LogP contribution is -2.18. The Morgan fingerprint density at radius 3 is 2.50 bits per heavy atom. The number of carboxylic acids is 1. The number of rotatable bonds is 10. The zero-order valence-corrected chi connectivity index (χ0v) is 21.8. The predicted molar refractivity (Wildman–Crippen MR) is 145 cm³/mol. The Labute approximate surface area is 228 Å². The van der Waals surface area contributed by atoms with Gasteiger partial charge in [0.15, 0.2) is 11.6 Å². The van der Waals surface area contributed by atoms with E-state index in [9.17, 15) is 4.79 Å². The Balaban J connectivity index is 0.00000103. The number of aliphatic carboxylic acids is 1. The van der Waals surface area contributed by atoms with E-state index in [4.69, 9.17) is 30.5 Å². The molecule has 2 aromatic heterocycles. The van der Waals surface area contributed by atoms with Gasteiger partial charge in [0.1, 0.15) is 24.0 Å². The topological polar surface area (TPSA) is 182 Å². The fraction of sp³-hybridized carbons (Fsp3) is 0.185. The van der Waals surface area contributed by atoms with Crippen molar-refractivity contribution >= 4 is 11.8 Å². The number of nitrogens with zero attached hydrogens (tertiary/aromatic N) is 4. The van der Waals surface area contributed by atoms with Gasteiger partial charge in [-0.15, -0.1) is 9.78 Å². The first kappa shape index (κ1) is 29.2. The zero-order valence-electron chi connectivity index (χ0n) is 21.8. The van der Waals surface area contributed by atoms with Gasteiger partial charge in [-0.25, -0.2) is 19.2 Å². The quantitative estimate of drug-likeness (QED) is 0.131. The Kier molecular flexibility index (Phi) is 9.84. The van der Waals surface area contributed by atoms with Crippen molar-refractivity contribution in [1.29, 1.82) is 5.41 Å². The van der Waals surface area contributed by atoms with Gasteiger partial charge >= 0.3 is 5.69 Å². The zero-order chi connectivity index (χ0) is 29.2. The fourth-order valence-electron chi connectivity index (χ4n) is 3.66. The van der Waals surface area contributed by atoms with E-state index < -0.39 is 23.4 Å². The highest BCUT2D eigenvalue weighted by Gasteiger charge is 2.27. The highest BCUT2D eigenvalue weighted by Crippen LogP contribution is 2.36. The maximum atomic E-state index is 15.7. The number of aromatic nitrogens is 5. The first-order chi connectivity index (χ1) is 19.1. The van der Waals surface area contributed by atoms with Crippen molar-refractivity contribution in [1.82, 2.24) is 24.7 Å². The summed E-state index contributed by atoms with van der Waals surface area (Å²) in [6.45, 7) is 4.78. The molecule has 208 valence electrons. The maximum Gasteiger partial charge on any atom is 0.350 e. The van der Waals surface area contributed by atoms with Crippen LogP contribution in [0.15, 0.2) is 72.3 Å². The number of halogens is 1. The van der Waals surface area contributed by atoms with E-state index in [-0.39, 0.29) is 41.9 Å². The van der Waals surface area contributed by atoms with Crippen LogP contribution in [0, 0.1) is 11.2 Å². The average Bonchev–Trinajstić information content (AvgIpc) is 3.33. The molecule has 13 heteroatoms. The minimum atomic E-state index is -0.833. The Morgan fingerprint density at radius 1 is 1.27 bits per heavy atom. The summed E-state index contributed by atoms with van der Waals surface area (Å²) in [5, 5.41) is 19.4. The fourth-order valence-corrected chi connectivity index (χ4v) is 3.66. The van der Waals surface area contributed by atoms with Crippen LogP contribution in [-0.4, -0.2) is 55.4 Å². The van der Waals surface area contributed by atoms with Crippen LogP contribution in [0.4, 0.5) is 4.39 Å². The highest BCUT2D eigenvalue weighted by molar-refractivity contribution is 5.94. The summed E-state index contributed by atoms with van der Waals surface area (Å²) in [6.07, 6.45) is 4.74. The van der Waals surface area contributed by atoms with Crippen molar-refractivity contribution < 1.29 is 23.8 Å². The van der Waals surface area contributed by atoms with Gasteiger partial charge in [0, 0.05) is 36.5 Å². The van der Waals surface area contributed by atoms with Gasteiger partial charge in [-0.1, -0.05) is 36.9 Å². The monoisotopic (exact) mass is 549 g/mol. The highest BCUT2D eigenvalue weighted by atomic mass is 19.1. The third-order valence-electron chi connectivity index (χ3n) is 5.42. The van der Waals surface area contributed by atoms with Gasteiger partial charge in [-0.3, -0.25) is 15.2 Å². The molecule has 0 aliphatic rings. The maximum absolute atomic E-state index is 15.7. The van der Waals surface area contributed by atoms with E-state index in [0.717, 1.165) is 17.2 Å². The molecule has 40 heavy (non-hydrogen) atoms. The molecule has 2 aromatic carbocycles. The van der Waals surface area contributed by atoms with Crippen LogP contribution in [0.2, 0.25) is 0 Å². The molecule has 0 saturated carbocycles. The Bertz CT molecular complexity index is 1530. The molecule has 0 aliphatic heterocycles. The lowest BCUT2D eigenvalue weighted by atomic mass is 9.90. The lowest BCUT2D eigenvalue weighted by Gasteiger charge is -2.19. The number of amidine groups is 1. The van der Waals surface area contributed by atoms with Crippen molar-refractivity contribution in [2.24, 2.45) is 5.73 Å². The molecule has 0 fully saturated rings. The smallest absolute Gasteiger partial charge is 0.350 e. The molecule has 0 radical (unpaired) electrons. The Hall–Kier alpha value is -5.33. The van der Waals surface area contributed by atoms with E-state index >= 15 is 4.39 Å². The van der Waals surface area contributed by atoms with Gasteiger partial charge in [0.05, 0.1) is 13.0 Å². The summed E-state index contributed by atoms with van der Waals surface area (Å²) in [5.41, 5.74) is 6.56. The van der Waals surface area contributed by atoms with Gasteiger partial charge in [-0.05, 0) is 24.1 Å². The standard InChI is InChI=1S/C25H24FN7O3.C2H4O2/c1-3-11-36-20-14-17(35-2)13-18(21(20)26)19(12-15-5-7-16(8-6-15)22(27)28)23-31-25(34)33(32-23)24-29-9-4-10-30-24;1-2(3)4/h3-10,13-14,19H,1,11-12H2,2H3,(H3,27,28)(H,31,32,34);1H3,(H,3,4). The number of nitrogens with one attached hydrogen (secondary N) is 2. The number of hydrogen-bond acceptors (Lipinski definition) is 8. The van der Waals surface area contributed by atoms with Crippen molar-refractivity contribution in [2.45, 2.75) is 19.3 Å². The molecule has 2 heterocycles. The number of hydrogen-bond donors (Lipinski definition) is 4. The first-order valence-corrected chi connectivity index (χ1v) is 11.8. The molecule has 0 amide bonds. The van der Waals surface area contributed by atoms with Crippen LogP contribution in [0.5, 0.6) is 11.5 Å². The molecule has 0 spiro atoms. The second kappa shape index (κ2) is 13.5. The molecule has 4 rings (SSSR count). The van der Waals surface area contributed by atoms with Crippen LogP contribution in [0.3, 0.4) is 0 Å². The predicted octanol–water partition coefficient (Wildman–Crippen LogP) is 2.81. The lowest BCUT2D eigenvalue weighted by molar-refractivity contribution is -0.134. The normalized spacial score (nSPS) is 11.1. The van der Waals surface area contributed by atoms with E-state index in [2.05, 4.69) is 26.6 Å². The molecule has 1 atom stereocenters. The molecule has 0 saturated heterocycles. The number of methoxy groups -OCH3 is 1. The molecular formula is C27H28FN7O5. The number of benzene rings is 2. The molecule has 1 unspecified atom stereocenters. The number of carboxylic acid groups (broad SMARTS) is 1. The van der Waals surface area contributed by atoms with Gasteiger partial charge in [0.25, 0.3) is 11.9 Å². The first-order valence-electron chi connectivity index (χ1n) is 11.8. The van der Waals surface area contributed by atoms with Gasteiger partial charge in [-0.2, -0.15) is 0 Å². The number of nitrogens with two attached hydrogens (primary N) is 1. The molecule has 0 aliphatic carbocycles. The van der Waals surface area contributed by atoms with Crippen molar-refractivity contribution in [2.75, 3.05) is 13.7 Å². The van der Waals surface area contributed by atoms with Crippen LogP contribution in [0.25, 0.3) is 5.95 Å². The average molecular weight is 550 g/mol. The summed E-state index contributed by atoms with van der Waals surface area (Å²) < 4.78 is 27.7. The number of carbonyl (C=O) groups is 1. The van der Waals surface area contributed by atoms with E-state index in [1.165, 1.54) is 31.6 Å². The molecule has 12 nitrogen and oxygen atoms in total. The number of nitrogen functional groups attached to an aromatic ring is 1. The summed E-state index contributed by atoms with van der Waals surface area (Å²) in [6, 6.07) is 11.6. The summed E-state index contributed by atoms with van der Waals surface area (Å²) in [5.74, 6) is -1.63. The Morgan fingerprint density at radius 2 is 1.93 bits per heavy atom. The van der Waals surface area contributed by atoms with Crippen LogP contribution >= 0.6 is 0 Å². The summed E-state index contributed by atoms with van der Waals surface area (Å²) in [4.78, 5) is 32.6. The molecule has 5 N–H and O–H groups in total. The van der Waals surface area contributed by atoms with Crippen molar-refractivity contribution in [3.05, 3.63) is 106 Å². The largest absolute Gasteiger partial charge is 0.497 e. The van der Waals surface area contributed by atoms with Crippen LogP contribution in [0.1, 0.15) is 35.4 Å². The summed E-state index contributed by atoms with van der Waals surface area (Å²) in [7, 11) is 1.47. The van der Waals surface area contributed by atoms with Crippen molar-refractivity contribution in [3.8, 4) is 17.4 Å². The van der Waals surface area contributed by atoms with Gasteiger partial charge in [0.2, 0.25) is 0 Å². The second-order valence-electron chi connectivity index (χ2n) is 8.29. The van der Waals surface area contributed by atoms with Crippen LogP contribution in [-0.2, 0) is 11.2 Å². The van der Waals surface area contributed by atoms with Gasteiger partial charge < -0.3 is 20.3 Å². The third kappa shape index (κ3) is 7.37. The van der Waals surface area contributed by atoms with E-state index in [0.29, 0.717) is 11.3 Å². The van der Waals surface area contributed by atoms with E-state index in [1.54, 1.807) is 36.4 Å². The molecule has 0 bridgehead atoms. The third-order valence-corrected chi connectivity index (χ3v) is 5.42. The molecular weight excluding hydrogens is 521 g/mol. The minimum Gasteiger partial charge on any atom is -0.497 e.